The number of hydrogen-bond donors (Lipinski definition) is 1. The highest BCUT2D eigenvalue weighted by atomic mass is 16.6. The van der Waals surface area contributed by atoms with Gasteiger partial charge in [-0.05, 0) is 18.6 Å². The molecule has 0 aliphatic carbocycles. The van der Waals surface area contributed by atoms with E-state index < -0.39 is 18.0 Å². The lowest BCUT2D eigenvalue weighted by Crippen LogP contribution is -2.23. The van der Waals surface area contributed by atoms with Gasteiger partial charge in [0.25, 0.3) is 0 Å². The summed E-state index contributed by atoms with van der Waals surface area (Å²) in [7, 11) is 0. The quantitative estimate of drug-likeness (QED) is 0.612. The number of cyclic esters (lactones) is 1. The molecule has 2 N–H and O–H groups in total. The molecular formula is C12H13NO4. The molecule has 1 aromatic carbocycles. The lowest BCUT2D eigenvalue weighted by Gasteiger charge is -2.10. The molecule has 1 aliphatic rings. The molecular weight excluding hydrogens is 222 g/mol. The van der Waals surface area contributed by atoms with Gasteiger partial charge in [0, 0.05) is 12.1 Å². The van der Waals surface area contributed by atoms with Crippen molar-refractivity contribution >= 4 is 17.6 Å². The predicted octanol–water partition coefficient (Wildman–Crippen LogP) is 1.05. The van der Waals surface area contributed by atoms with Gasteiger partial charge in [0.2, 0.25) is 6.10 Å². The van der Waals surface area contributed by atoms with Gasteiger partial charge in [0.05, 0.1) is 12.2 Å². The van der Waals surface area contributed by atoms with Crippen LogP contribution in [0, 0.1) is 6.92 Å². The molecule has 1 aliphatic heterocycles. The molecule has 2 rings (SSSR count). The number of aryl methyl sites for hydroxylation is 1. The first-order valence-corrected chi connectivity index (χ1v) is 5.32. The molecule has 1 heterocycles. The molecule has 0 bridgehead atoms. The molecule has 0 saturated carbocycles. The molecule has 5 heteroatoms. The van der Waals surface area contributed by atoms with Crippen LogP contribution in [-0.2, 0) is 14.3 Å². The Kier molecular flexibility index (Phi) is 2.99. The third-order valence-corrected chi connectivity index (χ3v) is 2.68. The maximum atomic E-state index is 11.8. The Labute approximate surface area is 98.5 Å². The van der Waals surface area contributed by atoms with Crippen LogP contribution in [0.25, 0.3) is 0 Å². The zero-order valence-electron chi connectivity index (χ0n) is 9.43. The van der Waals surface area contributed by atoms with E-state index in [1.54, 1.807) is 25.1 Å². The summed E-state index contributed by atoms with van der Waals surface area (Å²) in [4.78, 5) is 23.0. The highest BCUT2D eigenvalue weighted by molar-refractivity contribution is 5.97. The highest BCUT2D eigenvalue weighted by Crippen LogP contribution is 2.19. The monoisotopic (exact) mass is 235 g/mol. The molecule has 0 spiro atoms. The van der Waals surface area contributed by atoms with Gasteiger partial charge in [-0.3, -0.25) is 0 Å². The van der Waals surface area contributed by atoms with Gasteiger partial charge in [0.1, 0.15) is 0 Å². The second kappa shape index (κ2) is 4.45. The summed E-state index contributed by atoms with van der Waals surface area (Å²) < 4.78 is 9.76. The van der Waals surface area contributed by atoms with E-state index in [0.717, 1.165) is 5.56 Å². The van der Waals surface area contributed by atoms with E-state index in [-0.39, 0.29) is 5.56 Å². The number of rotatable bonds is 2. The summed E-state index contributed by atoms with van der Waals surface area (Å²) in [6.07, 6.45) is -0.404. The number of esters is 2. The van der Waals surface area contributed by atoms with Gasteiger partial charge in [-0.15, -0.1) is 0 Å². The number of benzene rings is 1. The maximum Gasteiger partial charge on any atom is 0.347 e. The van der Waals surface area contributed by atoms with E-state index in [0.29, 0.717) is 18.7 Å². The predicted molar refractivity (Wildman–Crippen MR) is 60.4 cm³/mol. The number of para-hydroxylation sites is 1. The van der Waals surface area contributed by atoms with Crippen LogP contribution in [0.5, 0.6) is 0 Å². The number of carbonyl (C=O) groups excluding carboxylic acids is 2. The zero-order valence-corrected chi connectivity index (χ0v) is 9.43. The van der Waals surface area contributed by atoms with Gasteiger partial charge in [-0.25, -0.2) is 9.59 Å². The molecule has 0 amide bonds. The van der Waals surface area contributed by atoms with Gasteiger partial charge in [-0.2, -0.15) is 0 Å². The maximum absolute atomic E-state index is 11.8. The summed E-state index contributed by atoms with van der Waals surface area (Å²) >= 11 is 0. The number of anilines is 1. The van der Waals surface area contributed by atoms with Gasteiger partial charge >= 0.3 is 11.9 Å². The Morgan fingerprint density at radius 1 is 1.53 bits per heavy atom. The molecule has 5 nitrogen and oxygen atoms in total. The summed E-state index contributed by atoms with van der Waals surface area (Å²) in [5, 5.41) is 0. The van der Waals surface area contributed by atoms with Crippen LogP contribution >= 0.6 is 0 Å². The van der Waals surface area contributed by atoms with Crippen LogP contribution < -0.4 is 5.73 Å². The normalized spacial score (nSPS) is 18.9. The topological polar surface area (TPSA) is 78.6 Å². The lowest BCUT2D eigenvalue weighted by molar-refractivity contribution is -0.145. The molecule has 0 aromatic heterocycles. The largest absolute Gasteiger partial charge is 0.463 e. The first-order valence-electron chi connectivity index (χ1n) is 5.32. The molecule has 1 fully saturated rings. The second-order valence-corrected chi connectivity index (χ2v) is 3.89. The first-order chi connectivity index (χ1) is 8.09. The summed E-state index contributed by atoms with van der Waals surface area (Å²) in [5.74, 6) is -1.08. The van der Waals surface area contributed by atoms with E-state index in [1.807, 2.05) is 0 Å². The number of nitrogen functional groups attached to an aromatic ring is 1. The minimum atomic E-state index is -0.803. The number of carbonyl (C=O) groups is 2. The Morgan fingerprint density at radius 3 is 2.94 bits per heavy atom. The van der Waals surface area contributed by atoms with Crippen molar-refractivity contribution in [3.63, 3.8) is 0 Å². The molecule has 1 unspecified atom stereocenters. The van der Waals surface area contributed by atoms with E-state index in [4.69, 9.17) is 15.2 Å². The lowest BCUT2D eigenvalue weighted by atomic mass is 10.1. The van der Waals surface area contributed by atoms with Crippen LogP contribution in [0.1, 0.15) is 22.3 Å². The van der Waals surface area contributed by atoms with Crippen LogP contribution in [0.3, 0.4) is 0 Å². The Balaban J connectivity index is 2.14. The van der Waals surface area contributed by atoms with Crippen molar-refractivity contribution in [1.29, 1.82) is 0 Å². The van der Waals surface area contributed by atoms with Gasteiger partial charge in [0.15, 0.2) is 0 Å². The highest BCUT2D eigenvalue weighted by Gasteiger charge is 2.31. The molecule has 1 saturated heterocycles. The Hall–Kier alpha value is -2.04. The Morgan fingerprint density at radius 2 is 2.29 bits per heavy atom. The van der Waals surface area contributed by atoms with Crippen LogP contribution in [0.2, 0.25) is 0 Å². The average molecular weight is 235 g/mol. The van der Waals surface area contributed by atoms with Crippen LogP contribution in [0.4, 0.5) is 5.69 Å². The third kappa shape index (κ3) is 2.22. The summed E-state index contributed by atoms with van der Waals surface area (Å²) in [6, 6.07) is 5.09. The van der Waals surface area contributed by atoms with E-state index in [9.17, 15) is 9.59 Å². The van der Waals surface area contributed by atoms with Crippen LogP contribution in [0.15, 0.2) is 18.2 Å². The zero-order chi connectivity index (χ0) is 12.4. The summed E-state index contributed by atoms with van der Waals surface area (Å²) in [6.45, 7) is 2.09. The first kappa shape index (κ1) is 11.4. The fourth-order valence-electron chi connectivity index (χ4n) is 1.64. The van der Waals surface area contributed by atoms with Crippen molar-refractivity contribution in [2.45, 2.75) is 19.4 Å². The minimum Gasteiger partial charge on any atom is -0.463 e. The van der Waals surface area contributed by atoms with Crippen molar-refractivity contribution in [1.82, 2.24) is 0 Å². The Bertz CT molecular complexity index is 470. The van der Waals surface area contributed by atoms with E-state index >= 15 is 0 Å². The van der Waals surface area contributed by atoms with Gasteiger partial charge < -0.3 is 15.2 Å². The molecule has 90 valence electrons. The minimum absolute atomic E-state index is 0.282. The third-order valence-electron chi connectivity index (χ3n) is 2.68. The number of ether oxygens (including phenoxy) is 2. The van der Waals surface area contributed by atoms with Crippen LogP contribution in [-0.4, -0.2) is 24.6 Å². The van der Waals surface area contributed by atoms with Crippen molar-refractivity contribution in [2.75, 3.05) is 12.3 Å². The standard InChI is InChI=1S/C12H13NO4/c1-7-3-2-4-8(10(7)13)11(14)17-9-5-6-16-12(9)15/h2-4,9H,5-6,13H2,1H3. The van der Waals surface area contributed by atoms with Crippen molar-refractivity contribution in [3.8, 4) is 0 Å². The van der Waals surface area contributed by atoms with E-state index in [2.05, 4.69) is 0 Å². The van der Waals surface area contributed by atoms with E-state index in [1.165, 1.54) is 0 Å². The summed E-state index contributed by atoms with van der Waals surface area (Å²) in [5.41, 5.74) is 7.24. The van der Waals surface area contributed by atoms with Crippen molar-refractivity contribution in [3.05, 3.63) is 29.3 Å². The molecule has 17 heavy (non-hydrogen) atoms. The number of nitrogens with two attached hydrogens (primary N) is 1. The second-order valence-electron chi connectivity index (χ2n) is 3.89. The number of hydrogen-bond acceptors (Lipinski definition) is 5. The van der Waals surface area contributed by atoms with Gasteiger partial charge in [-0.1, -0.05) is 12.1 Å². The molecule has 1 aromatic rings. The SMILES string of the molecule is Cc1cccc(C(=O)OC2CCOC2=O)c1N. The molecule has 1 atom stereocenters. The average Bonchev–Trinajstić information content (AvgIpc) is 2.68. The van der Waals surface area contributed by atoms with Crippen molar-refractivity contribution < 1.29 is 19.1 Å². The fourth-order valence-corrected chi connectivity index (χ4v) is 1.64. The molecule has 0 radical (unpaired) electrons. The van der Waals surface area contributed by atoms with Crippen molar-refractivity contribution in [2.24, 2.45) is 0 Å². The smallest absolute Gasteiger partial charge is 0.347 e. The fraction of sp³-hybridized carbons (Fsp3) is 0.333.